The zero-order valence-corrected chi connectivity index (χ0v) is 14.1. The van der Waals surface area contributed by atoms with Crippen molar-refractivity contribution in [2.45, 2.75) is 37.3 Å². The van der Waals surface area contributed by atoms with Crippen molar-refractivity contribution >= 4 is 23.4 Å². The number of nitrogens with two attached hydrogens (primary N) is 1. The minimum Gasteiger partial charge on any atom is -0.326 e. The fraction of sp³-hybridized carbons (Fsp3) is 0.333. The van der Waals surface area contributed by atoms with Crippen molar-refractivity contribution in [3.8, 4) is 0 Å². The summed E-state index contributed by atoms with van der Waals surface area (Å²) in [6.45, 7) is 4.30. The van der Waals surface area contributed by atoms with E-state index in [0.29, 0.717) is 5.25 Å². The highest BCUT2D eigenvalue weighted by Gasteiger charge is 2.19. The van der Waals surface area contributed by atoms with Crippen LogP contribution >= 0.6 is 23.4 Å². The lowest BCUT2D eigenvalue weighted by molar-refractivity contribution is 0.634. The Balaban J connectivity index is 2.14. The van der Waals surface area contributed by atoms with Crippen LogP contribution in [-0.4, -0.2) is 6.04 Å². The van der Waals surface area contributed by atoms with Crippen LogP contribution in [0, 0.1) is 6.92 Å². The summed E-state index contributed by atoms with van der Waals surface area (Å²) in [5, 5.41) is 1.07. The molecule has 0 fully saturated rings. The van der Waals surface area contributed by atoms with Crippen LogP contribution in [0.25, 0.3) is 0 Å². The third kappa shape index (κ3) is 4.50. The molecule has 2 aromatic carbocycles. The van der Waals surface area contributed by atoms with E-state index in [-0.39, 0.29) is 6.04 Å². The van der Waals surface area contributed by atoms with Gasteiger partial charge in [-0.2, -0.15) is 0 Å². The molecule has 0 aliphatic heterocycles. The molecule has 0 aromatic heterocycles. The van der Waals surface area contributed by atoms with Crippen molar-refractivity contribution in [3.05, 3.63) is 70.2 Å². The highest BCUT2D eigenvalue weighted by molar-refractivity contribution is 7.98. The van der Waals surface area contributed by atoms with Crippen molar-refractivity contribution in [1.82, 2.24) is 0 Å². The molecule has 2 atom stereocenters. The van der Waals surface area contributed by atoms with E-state index in [9.17, 15) is 0 Å². The lowest BCUT2D eigenvalue weighted by Crippen LogP contribution is -2.25. The van der Waals surface area contributed by atoms with Gasteiger partial charge in [-0.15, -0.1) is 11.8 Å². The average Bonchev–Trinajstić information content (AvgIpc) is 2.50. The molecule has 0 heterocycles. The van der Waals surface area contributed by atoms with E-state index < -0.39 is 0 Å². The summed E-state index contributed by atoms with van der Waals surface area (Å²) in [7, 11) is 0. The van der Waals surface area contributed by atoms with Crippen LogP contribution in [-0.2, 0) is 5.75 Å². The second kappa shape index (κ2) is 7.88. The molecule has 3 heteroatoms. The van der Waals surface area contributed by atoms with E-state index in [0.717, 1.165) is 17.2 Å². The molecule has 2 N–H and O–H groups in total. The molecule has 2 aromatic rings. The minimum atomic E-state index is 0.153. The number of rotatable bonds is 6. The predicted molar refractivity (Wildman–Crippen MR) is 94.9 cm³/mol. The van der Waals surface area contributed by atoms with Crippen molar-refractivity contribution in [1.29, 1.82) is 0 Å². The van der Waals surface area contributed by atoms with Gasteiger partial charge in [-0.25, -0.2) is 0 Å². The van der Waals surface area contributed by atoms with Crippen LogP contribution in [0.4, 0.5) is 0 Å². The Hall–Kier alpha value is -0.960. The third-order valence-corrected chi connectivity index (χ3v) is 5.45. The normalized spacial score (nSPS) is 13.9. The van der Waals surface area contributed by atoms with Crippen LogP contribution in [0.2, 0.25) is 5.02 Å². The summed E-state index contributed by atoms with van der Waals surface area (Å²) in [6.07, 6.45) is 0.966. The first kappa shape index (κ1) is 16.4. The van der Waals surface area contributed by atoms with Gasteiger partial charge in [0.15, 0.2) is 0 Å². The highest BCUT2D eigenvalue weighted by Crippen LogP contribution is 2.35. The van der Waals surface area contributed by atoms with Crippen molar-refractivity contribution < 1.29 is 0 Å². The van der Waals surface area contributed by atoms with Gasteiger partial charge < -0.3 is 5.73 Å². The number of aryl methyl sites for hydroxylation is 1. The topological polar surface area (TPSA) is 26.0 Å². The maximum atomic E-state index is 6.34. The summed E-state index contributed by atoms with van der Waals surface area (Å²) in [6, 6.07) is 16.8. The first-order chi connectivity index (χ1) is 10.1. The predicted octanol–water partition coefficient (Wildman–Crippen LogP) is 5.36. The Morgan fingerprint density at radius 3 is 2.38 bits per heavy atom. The Labute approximate surface area is 136 Å². The maximum absolute atomic E-state index is 6.34. The molecule has 0 spiro atoms. The fourth-order valence-electron chi connectivity index (χ4n) is 2.29. The molecule has 2 unspecified atom stereocenters. The van der Waals surface area contributed by atoms with E-state index in [2.05, 4.69) is 50.2 Å². The average molecular weight is 320 g/mol. The molecule has 0 amide bonds. The van der Waals surface area contributed by atoms with Crippen LogP contribution in [0.1, 0.15) is 35.3 Å². The largest absolute Gasteiger partial charge is 0.326 e. The number of thioether (sulfide) groups is 1. The highest BCUT2D eigenvalue weighted by atomic mass is 35.5. The van der Waals surface area contributed by atoms with E-state index >= 15 is 0 Å². The molecule has 0 aliphatic carbocycles. The van der Waals surface area contributed by atoms with E-state index in [4.69, 9.17) is 17.3 Å². The summed E-state index contributed by atoms with van der Waals surface area (Å²) in [5.74, 6) is 0.980. The van der Waals surface area contributed by atoms with Gasteiger partial charge in [-0.1, -0.05) is 54.9 Å². The maximum Gasteiger partial charge on any atom is 0.0451 e. The van der Waals surface area contributed by atoms with E-state index in [1.54, 1.807) is 0 Å². The zero-order chi connectivity index (χ0) is 15.2. The molecule has 0 saturated heterocycles. The first-order valence-corrected chi connectivity index (χ1v) is 8.71. The Morgan fingerprint density at radius 1 is 1.10 bits per heavy atom. The summed E-state index contributed by atoms with van der Waals surface area (Å²) >= 11 is 7.90. The molecule has 112 valence electrons. The van der Waals surface area contributed by atoms with Gasteiger partial charge in [0, 0.05) is 22.1 Å². The molecular weight excluding hydrogens is 298 g/mol. The Morgan fingerprint density at radius 2 is 1.76 bits per heavy atom. The summed E-state index contributed by atoms with van der Waals surface area (Å²) < 4.78 is 0. The number of halogens is 1. The number of hydrogen-bond donors (Lipinski definition) is 1. The Kier molecular flexibility index (Phi) is 6.16. The molecule has 0 bridgehead atoms. The molecule has 1 nitrogen and oxygen atoms in total. The first-order valence-electron chi connectivity index (χ1n) is 7.29. The Bertz CT molecular complexity index is 568. The molecule has 0 saturated carbocycles. The standard InChI is InChI=1S/C18H22ClNS/c1-3-17(20)18(14-8-10-16(19)11-9-14)21-12-15-7-5-4-6-13(15)2/h4-11,17-18H,3,12,20H2,1-2H3. The van der Waals surface area contributed by atoms with Crippen LogP contribution in [0.5, 0.6) is 0 Å². The third-order valence-electron chi connectivity index (χ3n) is 3.74. The monoisotopic (exact) mass is 319 g/mol. The van der Waals surface area contributed by atoms with Gasteiger partial charge in [0.25, 0.3) is 0 Å². The second-order valence-corrected chi connectivity index (χ2v) is 6.85. The number of hydrogen-bond acceptors (Lipinski definition) is 2. The van der Waals surface area contributed by atoms with Gasteiger partial charge >= 0.3 is 0 Å². The molecule has 0 radical (unpaired) electrons. The minimum absolute atomic E-state index is 0.153. The van der Waals surface area contributed by atoms with Gasteiger partial charge in [0.1, 0.15) is 0 Å². The quantitative estimate of drug-likeness (QED) is 0.775. The van der Waals surface area contributed by atoms with Gasteiger partial charge in [-0.05, 0) is 42.2 Å². The van der Waals surface area contributed by atoms with Crippen LogP contribution in [0.15, 0.2) is 48.5 Å². The fourth-order valence-corrected chi connectivity index (χ4v) is 3.88. The molecular formula is C18H22ClNS. The summed E-state index contributed by atoms with van der Waals surface area (Å²) in [4.78, 5) is 0. The molecule has 21 heavy (non-hydrogen) atoms. The van der Waals surface area contributed by atoms with Crippen LogP contribution in [0.3, 0.4) is 0 Å². The SMILES string of the molecule is CCC(N)C(SCc1ccccc1C)c1ccc(Cl)cc1. The zero-order valence-electron chi connectivity index (χ0n) is 12.6. The van der Waals surface area contributed by atoms with Crippen molar-refractivity contribution in [3.63, 3.8) is 0 Å². The van der Waals surface area contributed by atoms with Gasteiger partial charge in [0.2, 0.25) is 0 Å². The van der Waals surface area contributed by atoms with Crippen molar-refractivity contribution in [2.75, 3.05) is 0 Å². The second-order valence-electron chi connectivity index (χ2n) is 5.28. The molecule has 0 aliphatic rings. The van der Waals surface area contributed by atoms with Gasteiger partial charge in [0.05, 0.1) is 0 Å². The van der Waals surface area contributed by atoms with Crippen molar-refractivity contribution in [2.24, 2.45) is 5.73 Å². The summed E-state index contributed by atoms with van der Waals surface area (Å²) in [5.41, 5.74) is 10.3. The van der Waals surface area contributed by atoms with E-state index in [1.807, 2.05) is 23.9 Å². The number of benzene rings is 2. The smallest absolute Gasteiger partial charge is 0.0451 e. The lowest BCUT2D eigenvalue weighted by atomic mass is 10.0. The molecule has 2 rings (SSSR count). The lowest BCUT2D eigenvalue weighted by Gasteiger charge is -2.23. The van der Waals surface area contributed by atoms with Crippen LogP contribution < -0.4 is 5.73 Å². The van der Waals surface area contributed by atoms with E-state index in [1.165, 1.54) is 16.7 Å². The van der Waals surface area contributed by atoms with Gasteiger partial charge in [-0.3, -0.25) is 0 Å².